The molecule has 24 heteroatoms. The van der Waals surface area contributed by atoms with E-state index in [1.165, 1.54) is 0 Å². The summed E-state index contributed by atoms with van der Waals surface area (Å²) in [6.45, 7) is 17.5. The summed E-state index contributed by atoms with van der Waals surface area (Å²) in [5.41, 5.74) is -2.48. The molecule has 0 unspecified atom stereocenters. The highest BCUT2D eigenvalue weighted by atomic mass is 16.6. The lowest BCUT2D eigenvalue weighted by molar-refractivity contribution is 0.0482. The second-order valence-electron chi connectivity index (χ2n) is 29.4. The minimum Gasteiger partial charge on any atom is -0.462 e. The molecule has 0 saturated heterocycles. The molecule has 0 amide bonds. The summed E-state index contributed by atoms with van der Waals surface area (Å²) >= 11 is 0. The normalized spacial score (nSPS) is 11.6. The lowest BCUT2D eigenvalue weighted by atomic mass is 9.82. The Balaban J connectivity index is 1.29. The molecule has 0 fully saturated rings. The summed E-state index contributed by atoms with van der Waals surface area (Å²) in [5, 5.41) is 7.11. The average molecular weight is 1690 g/mol. The zero-order valence-corrected chi connectivity index (χ0v) is 71.1. The Kier molecular flexibility index (Phi) is 23.1. The molecule has 16 aromatic rings. The first kappa shape index (κ1) is 84.7. The minimum atomic E-state index is -0.928. The van der Waals surface area contributed by atoms with Gasteiger partial charge in [0.25, 0.3) is 0 Å². The van der Waals surface area contributed by atoms with Gasteiger partial charge in [-0.15, -0.1) is 0 Å². The van der Waals surface area contributed by atoms with Gasteiger partial charge in [-0.3, -0.25) is 0 Å². The Morgan fingerprint density at radius 3 is 0.341 bits per heavy atom. The van der Waals surface area contributed by atoms with Crippen LogP contribution in [0.15, 0.2) is 146 Å². The van der Waals surface area contributed by atoms with Crippen molar-refractivity contribution < 1.29 is 114 Å². The van der Waals surface area contributed by atoms with Crippen LogP contribution in [0.5, 0.6) is 0 Å². The van der Waals surface area contributed by atoms with Crippen LogP contribution in [-0.2, 0) is 56.8 Å². The molecule has 0 N–H and O–H groups in total. The lowest BCUT2D eigenvalue weighted by Gasteiger charge is -2.22. The summed E-state index contributed by atoms with van der Waals surface area (Å²) in [6.07, 6.45) is 0. The summed E-state index contributed by atoms with van der Waals surface area (Å²) in [4.78, 5) is 184. The predicted octanol–water partition coefficient (Wildman–Crippen LogP) is 21.1. The maximum absolute atomic E-state index is 15.4. The van der Waals surface area contributed by atoms with E-state index in [9.17, 15) is 0 Å². The number of hydrogen-bond donors (Lipinski definition) is 0. The van der Waals surface area contributed by atoms with Crippen molar-refractivity contribution in [2.24, 2.45) is 0 Å². The first-order chi connectivity index (χ1) is 61.1. The highest BCUT2D eigenvalue weighted by Gasteiger charge is 2.38. The van der Waals surface area contributed by atoms with Crippen LogP contribution in [-0.4, -0.2) is 151 Å². The molecule has 16 aromatic carbocycles. The fourth-order valence-electron chi connectivity index (χ4n) is 18.2. The first-order valence-electron chi connectivity index (χ1n) is 42.0. The van der Waals surface area contributed by atoms with Crippen LogP contribution in [0.4, 0.5) is 0 Å². The predicted molar refractivity (Wildman–Crippen MR) is 481 cm³/mol. The molecule has 16 rings (SSSR count). The van der Waals surface area contributed by atoms with Gasteiger partial charge in [0.15, 0.2) is 0 Å². The number of rotatable bonds is 24. The Bertz CT molecular complexity index is 6430. The fraction of sp³-hybridized carbons (Fsp3) is 0.235. The summed E-state index contributed by atoms with van der Waals surface area (Å²) in [5.74, 6) is -11.0. The highest BCUT2D eigenvalue weighted by molar-refractivity contribution is 6.43. The van der Waals surface area contributed by atoms with Gasteiger partial charge in [-0.05, 0) is 281 Å². The van der Waals surface area contributed by atoms with Crippen molar-refractivity contribution in [2.75, 3.05) is 79.3 Å². The number of hydrogen-bond acceptors (Lipinski definition) is 24. The van der Waals surface area contributed by atoms with Crippen molar-refractivity contribution in [1.29, 1.82) is 0 Å². The topological polar surface area (TPSA) is 316 Å². The molecule has 126 heavy (non-hydrogen) atoms. The molecule has 0 aliphatic carbocycles. The molecule has 24 nitrogen and oxygen atoms in total. The van der Waals surface area contributed by atoms with Crippen LogP contribution in [0.2, 0.25) is 0 Å². The van der Waals surface area contributed by atoms with Crippen LogP contribution in [0.25, 0.3) is 162 Å². The van der Waals surface area contributed by atoms with Crippen molar-refractivity contribution in [3.8, 4) is 0 Å². The molecule has 636 valence electrons. The van der Waals surface area contributed by atoms with Gasteiger partial charge in [0.2, 0.25) is 0 Å². The third-order valence-electron chi connectivity index (χ3n) is 22.8. The zero-order chi connectivity index (χ0) is 89.1. The van der Waals surface area contributed by atoms with Crippen LogP contribution in [0, 0.1) is 0 Å². The fourth-order valence-corrected chi connectivity index (χ4v) is 18.2. The quantitative estimate of drug-likeness (QED) is 0.0308. The highest BCUT2D eigenvalue weighted by Crippen LogP contribution is 2.51. The van der Waals surface area contributed by atoms with E-state index in [1.54, 1.807) is 229 Å². The Hall–Kier alpha value is -14.9. The molecule has 0 aliphatic rings. The number of carbonyl (C=O) groups is 12. The number of carbonyl (C=O) groups excluding carboxylic acids is 12. The van der Waals surface area contributed by atoms with Crippen LogP contribution < -0.4 is 0 Å². The van der Waals surface area contributed by atoms with Crippen molar-refractivity contribution in [2.45, 2.75) is 83.1 Å². The second-order valence-corrected chi connectivity index (χ2v) is 29.4. The molecular formula is C102H84O24. The van der Waals surface area contributed by atoms with E-state index in [2.05, 4.69) is 0 Å². The SMILES string of the molecule is CCOC(=O)c1c(C(=O)OCC)c2ccc3c(C(=O)OCC)c(C(=O)OCC)c4ccc5cc4c3c2c2cc(ccc12)c1ccc2c(C(=O)OCC)c(C(=O)OCC)c3ccc4c(C(=O)OCC)c(C(=O)OCC)c6ccc(cc6c4c3c2c1)c1ccc2c(C(=O)OCC)c(C(=O)OCC)c3ccc4c(C(=O)OCC)c(C(=O)OCC)c6ccc5cc6c4c3c2c1. The van der Waals surface area contributed by atoms with E-state index >= 15 is 57.5 Å². The van der Waals surface area contributed by atoms with Crippen LogP contribution in [0.1, 0.15) is 207 Å². The second kappa shape index (κ2) is 34.4. The third-order valence-corrected chi connectivity index (χ3v) is 22.8. The largest absolute Gasteiger partial charge is 0.462 e. The molecule has 0 heterocycles. The standard InChI is InChI=1S/C102H84O24/c1-13-115-91(103)79-55-31-25-49-43-67(55)73-61(85(79)97(109)121-19-7)37-38-62-74(73)68-45-51(27-33-56(68)80(92(104)116-14-2)86(62)98(110)122-20-8)52-28-34-58-70(46-52)77-65(89(101(113)125-23-11)82(58)94(106)118-16-4)41-42-66-78(77)72-48-54(30-36-60(72)84(96(108)120-18-6)90(66)102(114)126-24-12)53-29-35-59-71(47-53)76-64(88(100(112)124-22-10)83(59)95(107)119-17-5)40-39-63-75(76)69-44-50(49)26-32-57(69)81(93(105)117-15-3)87(63)99(111)123-21-9/h25-48H,13-24H2,1-12H3. The van der Waals surface area contributed by atoms with Gasteiger partial charge in [-0.25, -0.2) is 57.5 Å². The molecule has 0 radical (unpaired) electrons. The number of esters is 12. The average Bonchev–Trinajstić information content (AvgIpc) is 0.703. The molecule has 0 atom stereocenters. The van der Waals surface area contributed by atoms with Gasteiger partial charge in [0.1, 0.15) is 0 Å². The lowest BCUT2D eigenvalue weighted by Crippen LogP contribution is -2.17. The number of fused-ring (bicyclic) bond motifs is 9. The maximum Gasteiger partial charge on any atom is 0.339 e. The third kappa shape index (κ3) is 13.6. The van der Waals surface area contributed by atoms with Gasteiger partial charge in [-0.2, -0.15) is 0 Å². The summed E-state index contributed by atoms with van der Waals surface area (Å²) in [6, 6.07) is 40.3. The molecule has 12 bridgehead atoms. The van der Waals surface area contributed by atoms with E-state index < -0.39 is 71.6 Å². The van der Waals surface area contributed by atoms with Crippen molar-refractivity contribution in [1.82, 2.24) is 0 Å². The Morgan fingerprint density at radius 2 is 0.238 bits per heavy atom. The van der Waals surface area contributed by atoms with Crippen molar-refractivity contribution >= 4 is 233 Å². The van der Waals surface area contributed by atoms with Crippen molar-refractivity contribution in [3.63, 3.8) is 0 Å². The Morgan fingerprint density at radius 1 is 0.143 bits per heavy atom. The minimum absolute atomic E-state index is 0.115. The van der Waals surface area contributed by atoms with Crippen LogP contribution >= 0.6 is 0 Å². The number of benzene rings is 15. The van der Waals surface area contributed by atoms with E-state index in [1.807, 2.05) is 0 Å². The zero-order valence-electron chi connectivity index (χ0n) is 71.1. The number of ether oxygens (including phenoxy) is 12. The molecule has 0 aliphatic heterocycles. The smallest absolute Gasteiger partial charge is 0.339 e. The maximum atomic E-state index is 15.4. The van der Waals surface area contributed by atoms with Gasteiger partial charge >= 0.3 is 71.6 Å². The summed E-state index contributed by atoms with van der Waals surface area (Å²) < 4.78 is 70.9. The first-order valence-corrected chi connectivity index (χ1v) is 42.0. The van der Waals surface area contributed by atoms with Gasteiger partial charge in [0.05, 0.1) is 146 Å². The summed E-state index contributed by atoms with van der Waals surface area (Å²) in [7, 11) is 0. The van der Waals surface area contributed by atoms with E-state index in [0.29, 0.717) is 32.3 Å². The Labute approximate surface area is 718 Å². The molecule has 0 aromatic heterocycles. The molecule has 0 spiro atoms. The van der Waals surface area contributed by atoms with Gasteiger partial charge in [-0.1, -0.05) is 109 Å². The monoisotopic (exact) mass is 1690 g/mol. The van der Waals surface area contributed by atoms with E-state index in [0.717, 1.165) is 0 Å². The van der Waals surface area contributed by atoms with Crippen molar-refractivity contribution in [3.05, 3.63) is 212 Å². The van der Waals surface area contributed by atoms with Crippen LogP contribution in [0.3, 0.4) is 0 Å². The molecule has 0 saturated carbocycles. The van der Waals surface area contributed by atoms with Gasteiger partial charge < -0.3 is 56.8 Å². The van der Waals surface area contributed by atoms with E-state index in [-0.39, 0.29) is 275 Å². The van der Waals surface area contributed by atoms with Gasteiger partial charge in [0, 0.05) is 0 Å². The van der Waals surface area contributed by atoms with E-state index in [4.69, 9.17) is 56.8 Å². The molecular weight excluding hydrogens is 1610 g/mol.